The van der Waals surface area contributed by atoms with E-state index in [4.69, 9.17) is 0 Å². The molecule has 0 unspecified atom stereocenters. The number of aromatic nitrogens is 1. The van der Waals surface area contributed by atoms with Gasteiger partial charge in [-0.2, -0.15) is 0 Å². The lowest BCUT2D eigenvalue weighted by molar-refractivity contribution is 0.425. The standard InChI is InChI=1S/C13H18N2/c1-13(2,3)15-9-10-5-4-6-12-11(10)7-8-14-12/h4-8,14-15H,9H2,1-3H3. The maximum absolute atomic E-state index is 3.51. The van der Waals surface area contributed by atoms with Crippen LogP contribution in [-0.2, 0) is 6.54 Å². The lowest BCUT2D eigenvalue weighted by atomic mass is 10.1. The van der Waals surface area contributed by atoms with Crippen molar-refractivity contribution in [1.29, 1.82) is 0 Å². The molecule has 0 saturated carbocycles. The van der Waals surface area contributed by atoms with Crippen molar-refractivity contribution < 1.29 is 0 Å². The van der Waals surface area contributed by atoms with E-state index >= 15 is 0 Å². The van der Waals surface area contributed by atoms with Crippen LogP contribution in [0.15, 0.2) is 30.5 Å². The predicted octanol–water partition coefficient (Wildman–Crippen LogP) is 3.06. The second-order valence-electron chi connectivity index (χ2n) is 4.96. The molecule has 0 aliphatic carbocycles. The van der Waals surface area contributed by atoms with Crippen LogP contribution in [0.25, 0.3) is 10.9 Å². The number of hydrogen-bond acceptors (Lipinski definition) is 1. The normalized spacial score (nSPS) is 12.2. The number of nitrogens with one attached hydrogen (secondary N) is 2. The summed E-state index contributed by atoms with van der Waals surface area (Å²) in [4.78, 5) is 3.23. The highest BCUT2D eigenvalue weighted by molar-refractivity contribution is 5.82. The van der Waals surface area contributed by atoms with Gasteiger partial charge < -0.3 is 10.3 Å². The average molecular weight is 202 g/mol. The zero-order chi connectivity index (χ0) is 10.9. The fourth-order valence-electron chi connectivity index (χ4n) is 1.67. The molecular weight excluding hydrogens is 184 g/mol. The van der Waals surface area contributed by atoms with Gasteiger partial charge in [-0.3, -0.25) is 0 Å². The van der Waals surface area contributed by atoms with Gasteiger partial charge in [0.1, 0.15) is 0 Å². The van der Waals surface area contributed by atoms with E-state index in [1.807, 2.05) is 6.20 Å². The third-order valence-electron chi connectivity index (χ3n) is 2.49. The highest BCUT2D eigenvalue weighted by Gasteiger charge is 2.09. The van der Waals surface area contributed by atoms with Crippen molar-refractivity contribution in [2.24, 2.45) is 0 Å². The molecule has 0 bridgehead atoms. The average Bonchev–Trinajstić information content (AvgIpc) is 2.61. The van der Waals surface area contributed by atoms with E-state index in [9.17, 15) is 0 Å². The Morgan fingerprint density at radius 2 is 2.00 bits per heavy atom. The zero-order valence-corrected chi connectivity index (χ0v) is 9.59. The Balaban J connectivity index is 2.24. The maximum Gasteiger partial charge on any atom is 0.0457 e. The molecule has 1 aromatic carbocycles. The summed E-state index contributed by atoms with van der Waals surface area (Å²) in [5, 5.41) is 4.82. The number of hydrogen-bond donors (Lipinski definition) is 2. The Bertz CT molecular complexity index is 449. The first kappa shape index (κ1) is 10.2. The molecule has 2 heteroatoms. The van der Waals surface area contributed by atoms with Gasteiger partial charge in [0.25, 0.3) is 0 Å². The quantitative estimate of drug-likeness (QED) is 0.769. The first-order chi connectivity index (χ1) is 7.06. The lowest BCUT2D eigenvalue weighted by Gasteiger charge is -2.20. The summed E-state index contributed by atoms with van der Waals surface area (Å²) < 4.78 is 0. The molecule has 0 fully saturated rings. The molecule has 2 nitrogen and oxygen atoms in total. The molecule has 0 aliphatic heterocycles. The summed E-state index contributed by atoms with van der Waals surface area (Å²) in [6.45, 7) is 7.47. The maximum atomic E-state index is 3.51. The van der Waals surface area contributed by atoms with Crippen LogP contribution in [0.4, 0.5) is 0 Å². The summed E-state index contributed by atoms with van der Waals surface area (Å²) in [6, 6.07) is 8.51. The monoisotopic (exact) mass is 202 g/mol. The highest BCUT2D eigenvalue weighted by Crippen LogP contribution is 2.17. The fourth-order valence-corrected chi connectivity index (χ4v) is 1.67. The van der Waals surface area contributed by atoms with Crippen LogP contribution in [0.2, 0.25) is 0 Å². The molecule has 0 spiro atoms. The third-order valence-corrected chi connectivity index (χ3v) is 2.49. The minimum atomic E-state index is 0.165. The van der Waals surface area contributed by atoms with Crippen molar-refractivity contribution >= 4 is 10.9 Å². The molecule has 0 radical (unpaired) electrons. The van der Waals surface area contributed by atoms with Crippen LogP contribution in [0.5, 0.6) is 0 Å². The van der Waals surface area contributed by atoms with Crippen LogP contribution in [-0.4, -0.2) is 10.5 Å². The number of H-pyrrole nitrogens is 1. The van der Waals surface area contributed by atoms with Crippen molar-refractivity contribution in [2.75, 3.05) is 0 Å². The van der Waals surface area contributed by atoms with Gasteiger partial charge in [-0.15, -0.1) is 0 Å². The van der Waals surface area contributed by atoms with Crippen LogP contribution < -0.4 is 5.32 Å². The smallest absolute Gasteiger partial charge is 0.0457 e. The zero-order valence-electron chi connectivity index (χ0n) is 9.59. The first-order valence-electron chi connectivity index (χ1n) is 5.36. The molecule has 1 heterocycles. The number of rotatable bonds is 2. The fraction of sp³-hybridized carbons (Fsp3) is 0.385. The van der Waals surface area contributed by atoms with Crippen molar-refractivity contribution in [3.05, 3.63) is 36.0 Å². The van der Waals surface area contributed by atoms with Crippen molar-refractivity contribution in [1.82, 2.24) is 10.3 Å². The van der Waals surface area contributed by atoms with E-state index in [1.165, 1.54) is 16.5 Å². The van der Waals surface area contributed by atoms with Crippen molar-refractivity contribution in [2.45, 2.75) is 32.9 Å². The van der Waals surface area contributed by atoms with Gasteiger partial charge in [0.2, 0.25) is 0 Å². The summed E-state index contributed by atoms with van der Waals surface area (Å²) in [5.74, 6) is 0. The molecule has 0 atom stereocenters. The Kier molecular flexibility index (Phi) is 2.53. The van der Waals surface area contributed by atoms with Gasteiger partial charge in [0.05, 0.1) is 0 Å². The highest BCUT2D eigenvalue weighted by atomic mass is 14.9. The molecule has 0 amide bonds. The largest absolute Gasteiger partial charge is 0.361 e. The summed E-state index contributed by atoms with van der Waals surface area (Å²) in [6.07, 6.45) is 1.99. The molecule has 2 aromatic rings. The van der Waals surface area contributed by atoms with E-state index in [0.717, 1.165) is 6.54 Å². The number of benzene rings is 1. The van der Waals surface area contributed by atoms with Crippen LogP contribution >= 0.6 is 0 Å². The second-order valence-corrected chi connectivity index (χ2v) is 4.96. The molecule has 2 N–H and O–H groups in total. The van der Waals surface area contributed by atoms with Crippen LogP contribution in [0.3, 0.4) is 0 Å². The molecule has 2 rings (SSSR count). The van der Waals surface area contributed by atoms with E-state index in [0.29, 0.717) is 0 Å². The molecule has 80 valence electrons. The van der Waals surface area contributed by atoms with E-state index < -0.39 is 0 Å². The Morgan fingerprint density at radius 3 is 2.73 bits per heavy atom. The van der Waals surface area contributed by atoms with Gasteiger partial charge in [-0.1, -0.05) is 12.1 Å². The van der Waals surface area contributed by atoms with Crippen LogP contribution in [0.1, 0.15) is 26.3 Å². The SMILES string of the molecule is CC(C)(C)NCc1cccc2[nH]ccc12. The number of aromatic amines is 1. The van der Waals surface area contributed by atoms with Crippen molar-refractivity contribution in [3.8, 4) is 0 Å². The van der Waals surface area contributed by atoms with Gasteiger partial charge >= 0.3 is 0 Å². The minimum Gasteiger partial charge on any atom is -0.361 e. The van der Waals surface area contributed by atoms with Crippen molar-refractivity contribution in [3.63, 3.8) is 0 Å². The van der Waals surface area contributed by atoms with E-state index in [-0.39, 0.29) is 5.54 Å². The predicted molar refractivity (Wildman–Crippen MR) is 64.9 cm³/mol. The summed E-state index contributed by atoms with van der Waals surface area (Å²) >= 11 is 0. The van der Waals surface area contributed by atoms with Gasteiger partial charge in [-0.25, -0.2) is 0 Å². The number of fused-ring (bicyclic) bond motifs is 1. The first-order valence-corrected chi connectivity index (χ1v) is 5.36. The van der Waals surface area contributed by atoms with E-state index in [1.54, 1.807) is 0 Å². The second kappa shape index (κ2) is 3.70. The molecule has 1 aromatic heterocycles. The molecular formula is C13H18N2. The minimum absolute atomic E-state index is 0.165. The van der Waals surface area contributed by atoms with Gasteiger partial charge in [0, 0.05) is 29.2 Å². The Hall–Kier alpha value is -1.28. The van der Waals surface area contributed by atoms with E-state index in [2.05, 4.69) is 55.3 Å². The summed E-state index contributed by atoms with van der Waals surface area (Å²) in [7, 11) is 0. The summed E-state index contributed by atoms with van der Waals surface area (Å²) in [5.41, 5.74) is 2.73. The molecule has 0 saturated heterocycles. The van der Waals surface area contributed by atoms with Gasteiger partial charge in [-0.05, 0) is 38.5 Å². The molecule has 0 aliphatic rings. The Labute approximate surface area is 90.7 Å². The Morgan fingerprint density at radius 1 is 1.20 bits per heavy atom. The lowest BCUT2D eigenvalue weighted by Crippen LogP contribution is -2.35. The van der Waals surface area contributed by atoms with Gasteiger partial charge in [0.15, 0.2) is 0 Å². The third kappa shape index (κ3) is 2.39. The molecule has 15 heavy (non-hydrogen) atoms. The van der Waals surface area contributed by atoms with Crippen LogP contribution in [0, 0.1) is 0 Å². The topological polar surface area (TPSA) is 27.8 Å².